The molecule has 0 unspecified atom stereocenters. The summed E-state index contributed by atoms with van der Waals surface area (Å²) in [6, 6.07) is 30.2. The third-order valence-electron chi connectivity index (χ3n) is 7.05. The minimum absolute atomic E-state index is 0.201. The van der Waals surface area contributed by atoms with E-state index in [0.29, 0.717) is 24.2 Å². The van der Waals surface area contributed by atoms with Gasteiger partial charge in [-0.15, -0.1) is 0 Å². The minimum Gasteiger partial charge on any atom is -0.461 e. The van der Waals surface area contributed by atoms with Gasteiger partial charge in [0, 0.05) is 18.5 Å². The highest BCUT2D eigenvalue weighted by molar-refractivity contribution is 5.90. The van der Waals surface area contributed by atoms with Gasteiger partial charge in [0.05, 0.1) is 18.8 Å². The topological polar surface area (TPSA) is 73.7 Å². The van der Waals surface area contributed by atoms with Crippen molar-refractivity contribution in [2.45, 2.75) is 51.8 Å². The lowest BCUT2D eigenvalue weighted by Crippen LogP contribution is -2.41. The van der Waals surface area contributed by atoms with E-state index < -0.39 is 23.2 Å². The fraction of sp³-hybridized carbons (Fsp3) is 0.303. The highest BCUT2D eigenvalue weighted by Crippen LogP contribution is 2.43. The van der Waals surface area contributed by atoms with Crippen molar-refractivity contribution in [1.82, 2.24) is 14.7 Å². The molecule has 7 heteroatoms. The quantitative estimate of drug-likeness (QED) is 0.217. The fourth-order valence-corrected chi connectivity index (χ4v) is 5.41. The van der Waals surface area contributed by atoms with Gasteiger partial charge in [-0.3, -0.25) is 0 Å². The number of benzene rings is 3. The number of nitrogens with zero attached hydrogens (tertiary/aromatic N) is 3. The molecular weight excluding hydrogens is 502 g/mol. The molecule has 5 rings (SSSR count). The van der Waals surface area contributed by atoms with E-state index in [9.17, 15) is 9.59 Å². The molecule has 206 valence electrons. The Bertz CT molecular complexity index is 1380. The standard InChI is InChI=1S/C33H35N3O4/c1-5-39-30(37)29-27-23-35(31(38)40-32(2,3)4)22-21-28(27)34-36(29)33(24-15-9-6-10-16-24,25-17-11-7-12-18-25)26-19-13-8-14-20-26/h6-20H,5,21-23H2,1-4H3. The maximum atomic E-state index is 13.8. The van der Waals surface area contributed by atoms with Crippen LogP contribution in [0.1, 0.15) is 66.1 Å². The Kier molecular flexibility index (Phi) is 7.48. The SMILES string of the molecule is CCOC(=O)c1c2c(nn1C(c1ccccc1)(c1ccccc1)c1ccccc1)CCN(C(=O)OC(C)(C)C)C2. The summed E-state index contributed by atoms with van der Waals surface area (Å²) in [6.45, 7) is 8.17. The third kappa shape index (κ3) is 4.99. The number of hydrogen-bond donors (Lipinski definition) is 0. The number of carbonyl (C=O) groups is 2. The lowest BCUT2D eigenvalue weighted by Gasteiger charge is -2.37. The van der Waals surface area contributed by atoms with Gasteiger partial charge in [0.1, 0.15) is 11.1 Å². The summed E-state index contributed by atoms with van der Waals surface area (Å²) in [5.74, 6) is -0.477. The first-order valence-corrected chi connectivity index (χ1v) is 13.7. The zero-order valence-electron chi connectivity index (χ0n) is 23.5. The van der Waals surface area contributed by atoms with Gasteiger partial charge < -0.3 is 14.4 Å². The van der Waals surface area contributed by atoms with Crippen molar-refractivity contribution in [1.29, 1.82) is 0 Å². The lowest BCUT2D eigenvalue weighted by molar-refractivity contribution is 0.0219. The summed E-state index contributed by atoms with van der Waals surface area (Å²) >= 11 is 0. The molecule has 4 aromatic rings. The van der Waals surface area contributed by atoms with Crippen LogP contribution in [-0.4, -0.2) is 45.5 Å². The maximum Gasteiger partial charge on any atom is 0.410 e. The number of amides is 1. The van der Waals surface area contributed by atoms with Crippen LogP contribution in [0.2, 0.25) is 0 Å². The lowest BCUT2D eigenvalue weighted by atomic mass is 9.77. The zero-order valence-corrected chi connectivity index (χ0v) is 23.5. The molecule has 0 spiro atoms. The third-order valence-corrected chi connectivity index (χ3v) is 7.05. The molecule has 7 nitrogen and oxygen atoms in total. The van der Waals surface area contributed by atoms with Crippen molar-refractivity contribution >= 4 is 12.1 Å². The Morgan fingerprint density at radius 1 is 0.825 bits per heavy atom. The molecule has 3 aromatic carbocycles. The second-order valence-electron chi connectivity index (χ2n) is 10.9. The van der Waals surface area contributed by atoms with E-state index in [1.807, 2.05) is 80.1 Å². The van der Waals surface area contributed by atoms with E-state index in [4.69, 9.17) is 14.6 Å². The highest BCUT2D eigenvalue weighted by Gasteiger charge is 2.45. The molecule has 0 saturated heterocycles. The number of esters is 1. The average molecular weight is 538 g/mol. The molecule has 40 heavy (non-hydrogen) atoms. The summed E-state index contributed by atoms with van der Waals surface area (Å²) in [5.41, 5.74) is 3.01. The normalized spacial score (nSPS) is 13.4. The van der Waals surface area contributed by atoms with Gasteiger partial charge in [-0.2, -0.15) is 5.10 Å². The van der Waals surface area contributed by atoms with Crippen LogP contribution in [0.25, 0.3) is 0 Å². The van der Waals surface area contributed by atoms with E-state index in [1.54, 1.807) is 11.8 Å². The molecule has 0 atom stereocenters. The van der Waals surface area contributed by atoms with Crippen molar-refractivity contribution in [3.8, 4) is 0 Å². The number of ether oxygens (including phenoxy) is 2. The molecule has 0 saturated carbocycles. The van der Waals surface area contributed by atoms with Crippen LogP contribution >= 0.6 is 0 Å². The molecule has 1 aliphatic rings. The van der Waals surface area contributed by atoms with E-state index in [0.717, 1.165) is 22.4 Å². The predicted molar refractivity (Wildman–Crippen MR) is 153 cm³/mol. The van der Waals surface area contributed by atoms with Crippen LogP contribution in [0.5, 0.6) is 0 Å². The van der Waals surface area contributed by atoms with Crippen molar-refractivity contribution in [3.05, 3.63) is 125 Å². The van der Waals surface area contributed by atoms with E-state index >= 15 is 0 Å². The monoisotopic (exact) mass is 537 g/mol. The van der Waals surface area contributed by atoms with Crippen molar-refractivity contribution in [3.63, 3.8) is 0 Å². The van der Waals surface area contributed by atoms with Crippen LogP contribution in [0.15, 0.2) is 91.0 Å². The number of fused-ring (bicyclic) bond motifs is 1. The molecule has 0 N–H and O–H groups in total. The number of rotatable bonds is 6. The average Bonchev–Trinajstić information content (AvgIpc) is 3.33. The van der Waals surface area contributed by atoms with Gasteiger partial charge in [0.25, 0.3) is 0 Å². The van der Waals surface area contributed by atoms with Crippen molar-refractivity contribution in [2.75, 3.05) is 13.2 Å². The highest BCUT2D eigenvalue weighted by atomic mass is 16.6. The second kappa shape index (κ2) is 11.0. The molecule has 0 bridgehead atoms. The molecule has 2 heterocycles. The van der Waals surface area contributed by atoms with Gasteiger partial charge in [-0.1, -0.05) is 91.0 Å². The summed E-state index contributed by atoms with van der Waals surface area (Å²) in [7, 11) is 0. The Balaban J connectivity index is 1.80. The molecule has 1 amide bonds. The van der Waals surface area contributed by atoms with Crippen LogP contribution in [-0.2, 0) is 28.0 Å². The van der Waals surface area contributed by atoms with Crippen molar-refractivity contribution < 1.29 is 19.1 Å². The largest absolute Gasteiger partial charge is 0.461 e. The van der Waals surface area contributed by atoms with Crippen LogP contribution in [0, 0.1) is 0 Å². The Morgan fingerprint density at radius 2 is 1.32 bits per heavy atom. The van der Waals surface area contributed by atoms with E-state index in [2.05, 4.69) is 36.4 Å². The smallest absolute Gasteiger partial charge is 0.410 e. The molecule has 0 fully saturated rings. The maximum absolute atomic E-state index is 13.8. The summed E-state index contributed by atoms with van der Waals surface area (Å²) in [4.78, 5) is 28.5. The summed E-state index contributed by atoms with van der Waals surface area (Å²) in [6.07, 6.45) is 0.0729. The molecule has 0 radical (unpaired) electrons. The van der Waals surface area contributed by atoms with Crippen LogP contribution in [0.3, 0.4) is 0 Å². The van der Waals surface area contributed by atoms with Crippen LogP contribution in [0.4, 0.5) is 4.79 Å². The Morgan fingerprint density at radius 3 is 1.77 bits per heavy atom. The summed E-state index contributed by atoms with van der Waals surface area (Å²) < 4.78 is 13.1. The van der Waals surface area contributed by atoms with E-state index in [-0.39, 0.29) is 13.2 Å². The zero-order chi connectivity index (χ0) is 28.3. The Labute approximate surface area is 235 Å². The van der Waals surface area contributed by atoms with Crippen molar-refractivity contribution in [2.24, 2.45) is 0 Å². The number of carbonyl (C=O) groups excluding carboxylic acids is 2. The molecule has 1 aliphatic heterocycles. The minimum atomic E-state index is -0.986. The van der Waals surface area contributed by atoms with Gasteiger partial charge in [0.15, 0.2) is 5.69 Å². The van der Waals surface area contributed by atoms with Gasteiger partial charge in [0.2, 0.25) is 0 Å². The number of hydrogen-bond acceptors (Lipinski definition) is 5. The van der Waals surface area contributed by atoms with Gasteiger partial charge in [-0.05, 0) is 44.4 Å². The fourth-order valence-electron chi connectivity index (χ4n) is 5.41. The van der Waals surface area contributed by atoms with Gasteiger partial charge >= 0.3 is 12.1 Å². The first kappa shape index (κ1) is 27.2. The predicted octanol–water partition coefficient (Wildman–Crippen LogP) is 6.19. The Hall–Kier alpha value is -4.39. The summed E-state index contributed by atoms with van der Waals surface area (Å²) in [5, 5.41) is 5.16. The first-order chi connectivity index (χ1) is 19.3. The van der Waals surface area contributed by atoms with E-state index in [1.165, 1.54) is 0 Å². The molecular formula is C33H35N3O4. The first-order valence-electron chi connectivity index (χ1n) is 13.7. The van der Waals surface area contributed by atoms with Gasteiger partial charge in [-0.25, -0.2) is 14.3 Å². The second-order valence-corrected chi connectivity index (χ2v) is 10.9. The number of aromatic nitrogens is 2. The molecule has 0 aliphatic carbocycles. The van der Waals surface area contributed by atoms with Crippen LogP contribution < -0.4 is 0 Å². The molecule has 1 aromatic heterocycles.